The number of hydrogen-bond acceptors (Lipinski definition) is 3. The summed E-state index contributed by atoms with van der Waals surface area (Å²) in [6, 6.07) is -0.737. The number of aliphatic imine (C=N–C) groups is 1. The first-order valence-electron chi connectivity index (χ1n) is 3.35. The van der Waals surface area contributed by atoms with Crippen molar-refractivity contribution in [2.24, 2.45) is 10.7 Å². The van der Waals surface area contributed by atoms with Gasteiger partial charge < -0.3 is 10.5 Å². The molecule has 3 atom stereocenters. The Kier molecular flexibility index (Phi) is 2.26. The molecule has 3 nitrogen and oxygen atoms in total. The van der Waals surface area contributed by atoms with Crippen LogP contribution in [-0.2, 0) is 4.74 Å². The Hall–Kier alpha value is -0.870. The molecule has 0 saturated heterocycles. The normalized spacial score (nSPS) is 37.7. The highest BCUT2D eigenvalue weighted by Gasteiger charge is 2.32. The largest absolute Gasteiger partial charge is 0.456 e. The first-order valence-corrected chi connectivity index (χ1v) is 3.35. The van der Waals surface area contributed by atoms with Crippen LogP contribution < -0.4 is 5.73 Å². The Labute approximate surface area is 63.2 Å². The van der Waals surface area contributed by atoms with Gasteiger partial charge in [-0.2, -0.15) is 0 Å². The van der Waals surface area contributed by atoms with Crippen LogP contribution in [0.3, 0.4) is 0 Å². The molecule has 0 aliphatic carbocycles. The van der Waals surface area contributed by atoms with E-state index in [0.717, 1.165) is 0 Å². The summed E-state index contributed by atoms with van der Waals surface area (Å²) in [4.78, 5) is 3.59. The third-order valence-electron chi connectivity index (χ3n) is 1.57. The predicted octanol–water partition coefficient (Wildman–Crippen LogP) is 0.396. The van der Waals surface area contributed by atoms with Gasteiger partial charge in [-0.3, -0.25) is 0 Å². The zero-order chi connectivity index (χ0) is 8.43. The van der Waals surface area contributed by atoms with Gasteiger partial charge in [0.05, 0.1) is 6.04 Å². The van der Waals surface area contributed by atoms with Crippen LogP contribution in [0, 0.1) is 0 Å². The molecule has 0 fully saturated rings. The monoisotopic (exact) mass is 164 g/mol. The number of rotatable bonds is 1. The zero-order valence-electron chi connectivity index (χ0n) is 6.13. The van der Waals surface area contributed by atoms with Gasteiger partial charge in [0.25, 0.3) is 6.02 Å². The summed E-state index contributed by atoms with van der Waals surface area (Å²) in [5.41, 5.74) is 5.15. The summed E-state index contributed by atoms with van der Waals surface area (Å²) in [5.74, 6) is 0. The minimum atomic E-state index is -1.40. The number of alkyl halides is 2. The second-order valence-electron chi connectivity index (χ2n) is 2.46. The van der Waals surface area contributed by atoms with E-state index in [-0.39, 0.29) is 6.02 Å². The molecular weight excluding hydrogens is 154 g/mol. The first kappa shape index (κ1) is 8.23. The van der Waals surface area contributed by atoms with Gasteiger partial charge in [0.1, 0.15) is 6.67 Å². The van der Waals surface area contributed by atoms with Gasteiger partial charge in [0, 0.05) is 0 Å². The lowest BCUT2D eigenvalue weighted by Crippen LogP contribution is -2.43. The van der Waals surface area contributed by atoms with Gasteiger partial charge in [0.15, 0.2) is 12.3 Å². The van der Waals surface area contributed by atoms with Gasteiger partial charge in [-0.1, -0.05) is 0 Å². The Balaban J connectivity index is 2.67. The highest BCUT2D eigenvalue weighted by molar-refractivity contribution is 5.72. The third kappa shape index (κ3) is 1.58. The fraction of sp³-hybridized carbons (Fsp3) is 0.833. The van der Waals surface area contributed by atoms with E-state index in [4.69, 9.17) is 5.73 Å². The summed E-state index contributed by atoms with van der Waals surface area (Å²) in [5, 5.41) is 0. The van der Waals surface area contributed by atoms with Gasteiger partial charge in [-0.15, -0.1) is 0 Å². The summed E-state index contributed by atoms with van der Waals surface area (Å²) >= 11 is 0. The lowest BCUT2D eigenvalue weighted by molar-refractivity contribution is 0.0391. The molecule has 64 valence electrons. The smallest absolute Gasteiger partial charge is 0.282 e. The van der Waals surface area contributed by atoms with E-state index in [1.165, 1.54) is 6.92 Å². The molecule has 0 aromatic carbocycles. The topological polar surface area (TPSA) is 47.6 Å². The van der Waals surface area contributed by atoms with Crippen LogP contribution >= 0.6 is 0 Å². The maximum Gasteiger partial charge on any atom is 0.282 e. The van der Waals surface area contributed by atoms with E-state index in [1.807, 2.05) is 0 Å². The Morgan fingerprint density at radius 2 is 2.36 bits per heavy atom. The molecule has 1 heterocycles. The fourth-order valence-electron chi connectivity index (χ4n) is 0.950. The van der Waals surface area contributed by atoms with Crippen molar-refractivity contribution in [1.82, 2.24) is 0 Å². The van der Waals surface area contributed by atoms with Crippen molar-refractivity contribution >= 4 is 6.02 Å². The molecule has 0 amide bonds. The first-order chi connectivity index (χ1) is 5.15. The molecule has 0 spiro atoms. The van der Waals surface area contributed by atoms with Crippen LogP contribution in [0.4, 0.5) is 8.78 Å². The number of nitrogens with zero attached hydrogens (tertiary/aromatic N) is 1. The van der Waals surface area contributed by atoms with Crippen molar-refractivity contribution in [1.29, 1.82) is 0 Å². The van der Waals surface area contributed by atoms with Crippen molar-refractivity contribution in [3.05, 3.63) is 0 Å². The van der Waals surface area contributed by atoms with E-state index in [2.05, 4.69) is 9.73 Å². The van der Waals surface area contributed by atoms with Crippen LogP contribution in [0.2, 0.25) is 0 Å². The second kappa shape index (κ2) is 3.02. The van der Waals surface area contributed by atoms with Gasteiger partial charge >= 0.3 is 0 Å². The van der Waals surface area contributed by atoms with E-state index < -0.39 is 25.0 Å². The molecule has 0 bridgehead atoms. The summed E-state index contributed by atoms with van der Waals surface area (Å²) in [6.45, 7) is 0.657. The molecule has 1 rings (SSSR count). The third-order valence-corrected chi connectivity index (χ3v) is 1.57. The molecule has 2 N–H and O–H groups in total. The molecule has 0 saturated carbocycles. The number of halogens is 2. The van der Waals surface area contributed by atoms with E-state index in [0.29, 0.717) is 0 Å². The average Bonchev–Trinajstić information content (AvgIpc) is 1.96. The van der Waals surface area contributed by atoms with E-state index >= 15 is 0 Å². The Morgan fingerprint density at radius 1 is 1.73 bits per heavy atom. The highest BCUT2D eigenvalue weighted by Crippen LogP contribution is 2.16. The number of nitrogens with two attached hydrogens (primary N) is 1. The Bertz CT molecular complexity index is 174. The van der Waals surface area contributed by atoms with Crippen LogP contribution in [0.1, 0.15) is 6.92 Å². The minimum Gasteiger partial charge on any atom is -0.456 e. The van der Waals surface area contributed by atoms with Crippen LogP contribution in [0.15, 0.2) is 4.99 Å². The maximum atomic E-state index is 12.9. The maximum absolute atomic E-state index is 12.9. The average molecular weight is 164 g/mol. The quantitative estimate of drug-likeness (QED) is 0.609. The standard InChI is InChI=1S/C6H10F2N2O/c1-3-5(8)4(2-7)11-6(9)10-3/h3-5H,2H2,1H3,(H2,9,10)/t3-,4+,5+/m0/s1. The molecule has 11 heavy (non-hydrogen) atoms. The van der Waals surface area contributed by atoms with Gasteiger partial charge in [-0.05, 0) is 6.92 Å². The highest BCUT2D eigenvalue weighted by atomic mass is 19.1. The van der Waals surface area contributed by atoms with Crippen LogP contribution in [-0.4, -0.2) is 31.0 Å². The Morgan fingerprint density at radius 3 is 2.91 bits per heavy atom. The molecule has 1 aliphatic rings. The molecule has 1 aliphatic heterocycles. The number of hydrogen-bond donors (Lipinski definition) is 1. The van der Waals surface area contributed by atoms with Gasteiger partial charge in [-0.25, -0.2) is 13.8 Å². The summed E-state index contributed by atoms with van der Waals surface area (Å²) < 4.78 is 29.5. The lowest BCUT2D eigenvalue weighted by Gasteiger charge is -2.26. The summed E-state index contributed by atoms with van der Waals surface area (Å²) in [6.07, 6.45) is -2.48. The van der Waals surface area contributed by atoms with E-state index in [1.54, 1.807) is 0 Å². The van der Waals surface area contributed by atoms with Crippen LogP contribution in [0.5, 0.6) is 0 Å². The summed E-state index contributed by atoms with van der Waals surface area (Å²) in [7, 11) is 0. The minimum absolute atomic E-state index is 0.131. The van der Waals surface area contributed by atoms with Crippen molar-refractivity contribution in [3.63, 3.8) is 0 Å². The van der Waals surface area contributed by atoms with Crippen molar-refractivity contribution in [2.75, 3.05) is 6.67 Å². The molecule has 0 aromatic rings. The van der Waals surface area contributed by atoms with Gasteiger partial charge in [0.2, 0.25) is 0 Å². The fourth-order valence-corrected chi connectivity index (χ4v) is 0.950. The second-order valence-corrected chi connectivity index (χ2v) is 2.46. The van der Waals surface area contributed by atoms with E-state index in [9.17, 15) is 8.78 Å². The molecule has 0 radical (unpaired) electrons. The predicted molar refractivity (Wildman–Crippen MR) is 36.8 cm³/mol. The lowest BCUT2D eigenvalue weighted by atomic mass is 10.1. The molecule has 0 unspecified atom stereocenters. The van der Waals surface area contributed by atoms with Crippen molar-refractivity contribution < 1.29 is 13.5 Å². The number of ether oxygens (including phenoxy) is 1. The van der Waals surface area contributed by atoms with Crippen LogP contribution in [0.25, 0.3) is 0 Å². The number of amidine groups is 1. The molecular formula is C6H10F2N2O. The molecule has 5 heteroatoms. The van der Waals surface area contributed by atoms with Crippen molar-refractivity contribution in [3.8, 4) is 0 Å². The SMILES string of the molecule is C[C@@H]1N=C(N)O[C@H](CF)[C@@H]1F. The zero-order valence-corrected chi connectivity index (χ0v) is 6.13. The van der Waals surface area contributed by atoms with Crippen molar-refractivity contribution in [2.45, 2.75) is 25.2 Å². The molecule has 0 aromatic heterocycles.